The summed E-state index contributed by atoms with van der Waals surface area (Å²) in [5.41, 5.74) is -0.566. The minimum atomic E-state index is -5.66. The molecule has 222 valence electrons. The summed E-state index contributed by atoms with van der Waals surface area (Å²) >= 11 is 4.53. The molecule has 0 amide bonds. The fourth-order valence-electron chi connectivity index (χ4n) is 4.00. The Balaban J connectivity index is 0.00000484. The van der Waals surface area contributed by atoms with Crippen molar-refractivity contribution in [2.24, 2.45) is 0 Å². The molecule has 0 unspecified atom stereocenters. The summed E-state index contributed by atoms with van der Waals surface area (Å²) in [6.45, 7) is 0. The van der Waals surface area contributed by atoms with Crippen molar-refractivity contribution in [3.63, 3.8) is 0 Å². The van der Waals surface area contributed by atoms with E-state index in [1.54, 1.807) is 18.2 Å². The minimum absolute atomic E-state index is 0. The second kappa shape index (κ2) is 20.5. The van der Waals surface area contributed by atoms with Gasteiger partial charge >= 0.3 is 139 Å². The average Bonchev–Trinajstić information content (AvgIpc) is 2.91. The van der Waals surface area contributed by atoms with Gasteiger partial charge in [-0.25, -0.2) is 0 Å². The quantitative estimate of drug-likeness (QED) is 0.100. The van der Waals surface area contributed by atoms with E-state index in [1.807, 2.05) is 60.7 Å². The fraction of sp³-hybridized carbons (Fsp3) is 0.103. The van der Waals surface area contributed by atoms with Gasteiger partial charge in [0, 0.05) is 21.5 Å². The van der Waals surface area contributed by atoms with E-state index in [1.165, 1.54) is 30.0 Å². The zero-order chi connectivity index (χ0) is 29.8. The van der Waals surface area contributed by atoms with Gasteiger partial charge in [0.2, 0.25) is 0 Å². The van der Waals surface area contributed by atoms with Crippen molar-refractivity contribution in [1.82, 2.24) is 0 Å². The molecule has 4 rings (SSSR count). The van der Waals surface area contributed by atoms with E-state index in [0.717, 1.165) is 22.8 Å². The molecule has 0 spiro atoms. The number of benzene rings is 4. The van der Waals surface area contributed by atoms with Crippen molar-refractivity contribution in [3.8, 4) is 11.1 Å². The van der Waals surface area contributed by atoms with Gasteiger partial charge in [-0.3, -0.25) is 9.13 Å². The molecule has 0 aliphatic rings. The normalized spacial score (nSPS) is 11.5. The monoisotopic (exact) mass is 776 g/mol. The van der Waals surface area contributed by atoms with Crippen LogP contribution in [0.25, 0.3) is 23.3 Å². The van der Waals surface area contributed by atoms with Crippen LogP contribution in [0.5, 0.6) is 0 Å². The van der Waals surface area contributed by atoms with Crippen LogP contribution in [0.4, 0.5) is 8.78 Å². The number of halogens is 3. The molecule has 0 aliphatic carbocycles. The summed E-state index contributed by atoms with van der Waals surface area (Å²) in [6.07, 6.45) is 3.48. The van der Waals surface area contributed by atoms with E-state index in [-0.39, 0.29) is 128 Å². The van der Waals surface area contributed by atoms with Crippen LogP contribution in [-0.4, -0.2) is 138 Å². The summed E-state index contributed by atoms with van der Waals surface area (Å²) in [5.74, 6) is 1.08. The van der Waals surface area contributed by atoms with Crippen LogP contribution in [0.15, 0.2) is 95.5 Å². The standard InChI is InChI=1S/C29H25BrF2O6P2S.4Na.4H/c30-27-16-22(9-15-26(27)29(31,32)40(36,37)38)19-41-18-21-7-10-23(11-8-21)25-14-13-24(28(17-25)39(33,34)35)12-6-20-4-2-1-3-5-20;;;;;;;;/h1-17H,18-19H2,(H2,33,34,35)(H2,36,37,38);;;;;;;;/b12-6+;;;;;;;;. The summed E-state index contributed by atoms with van der Waals surface area (Å²) in [6, 6.07) is 25.8. The van der Waals surface area contributed by atoms with E-state index in [0.29, 0.717) is 28.2 Å². The van der Waals surface area contributed by atoms with Crippen LogP contribution >= 0.6 is 42.9 Å². The molecular weight excluding hydrogens is 748 g/mol. The van der Waals surface area contributed by atoms with Crippen molar-refractivity contribution in [2.45, 2.75) is 17.2 Å². The second-order valence-electron chi connectivity index (χ2n) is 9.15. The Kier molecular flexibility index (Phi) is 21.2. The number of rotatable bonds is 10. The first-order valence-corrected chi connectivity index (χ1v) is 17.3. The Morgan fingerprint density at radius 2 is 1.27 bits per heavy atom. The van der Waals surface area contributed by atoms with E-state index in [4.69, 9.17) is 9.79 Å². The first kappa shape index (κ1) is 46.6. The van der Waals surface area contributed by atoms with Crippen LogP contribution in [0, 0.1) is 0 Å². The number of hydrogen-bond donors (Lipinski definition) is 4. The van der Waals surface area contributed by atoms with Crippen molar-refractivity contribution >= 4 is 179 Å². The number of alkyl halides is 2. The summed E-state index contributed by atoms with van der Waals surface area (Å²) in [4.78, 5) is 37.9. The Hall–Kier alpha value is 1.61. The molecule has 0 saturated carbocycles. The van der Waals surface area contributed by atoms with Crippen LogP contribution < -0.4 is 5.30 Å². The van der Waals surface area contributed by atoms with Crippen LogP contribution in [0.1, 0.15) is 27.8 Å². The third-order valence-electron chi connectivity index (χ3n) is 6.15. The van der Waals surface area contributed by atoms with Crippen molar-refractivity contribution in [1.29, 1.82) is 0 Å². The van der Waals surface area contributed by atoms with Crippen LogP contribution in [0.2, 0.25) is 0 Å². The molecule has 4 aromatic rings. The zero-order valence-electron chi connectivity index (χ0n) is 21.3. The Bertz CT molecular complexity index is 1670. The zero-order valence-corrected chi connectivity index (χ0v) is 25.5. The number of hydrogen-bond acceptors (Lipinski definition) is 3. The van der Waals surface area contributed by atoms with Crippen LogP contribution in [-0.2, 0) is 26.3 Å². The predicted molar refractivity (Wildman–Crippen MR) is 193 cm³/mol. The summed E-state index contributed by atoms with van der Waals surface area (Å²) < 4.78 is 51.4. The topological polar surface area (TPSA) is 115 Å². The molecule has 0 aromatic heterocycles. The maximum absolute atomic E-state index is 14.0. The SMILES string of the molecule is O=P(O)(O)c1cc(-c2ccc(CSCc3ccc(C(F)(F)P(=O)(O)O)c(Br)c3)cc2)ccc1/C=C/c1ccccc1.[NaH].[NaH].[NaH].[NaH]. The van der Waals surface area contributed by atoms with Gasteiger partial charge in [0.25, 0.3) is 0 Å². The van der Waals surface area contributed by atoms with Gasteiger partial charge in [-0.2, -0.15) is 20.5 Å². The third kappa shape index (κ3) is 13.0. The van der Waals surface area contributed by atoms with Crippen molar-refractivity contribution in [3.05, 3.63) is 123 Å². The van der Waals surface area contributed by atoms with E-state index in [9.17, 15) is 27.7 Å². The van der Waals surface area contributed by atoms with Gasteiger partial charge in [-0.1, -0.05) is 107 Å². The van der Waals surface area contributed by atoms with Gasteiger partial charge in [-0.15, -0.1) is 0 Å². The Morgan fingerprint density at radius 1 is 0.711 bits per heavy atom. The molecule has 6 nitrogen and oxygen atoms in total. The Morgan fingerprint density at radius 3 is 1.82 bits per heavy atom. The molecule has 4 N–H and O–H groups in total. The van der Waals surface area contributed by atoms with Crippen LogP contribution in [0.3, 0.4) is 0 Å². The molecule has 0 saturated heterocycles. The molecule has 0 heterocycles. The first-order chi connectivity index (χ1) is 19.3. The average molecular weight is 777 g/mol. The van der Waals surface area contributed by atoms with Crippen molar-refractivity contribution < 1.29 is 37.5 Å². The number of thioether (sulfide) groups is 1. The second-order valence-corrected chi connectivity index (χ2v) is 14.2. The Labute approximate surface area is 362 Å². The predicted octanol–water partition coefficient (Wildman–Crippen LogP) is 5.16. The fourth-order valence-corrected chi connectivity index (χ4v) is 7.07. The molecule has 0 atom stereocenters. The summed E-state index contributed by atoms with van der Waals surface area (Å²) in [5, 5.41) is -0.0578. The van der Waals surface area contributed by atoms with Crippen molar-refractivity contribution in [2.75, 3.05) is 0 Å². The molecule has 0 fully saturated rings. The molecule has 0 bridgehead atoms. The van der Waals surface area contributed by atoms with E-state index in [2.05, 4.69) is 15.9 Å². The molecule has 45 heavy (non-hydrogen) atoms. The third-order valence-corrected chi connectivity index (χ3v) is 9.87. The molecule has 16 heteroatoms. The van der Waals surface area contributed by atoms with Gasteiger partial charge in [0.1, 0.15) is 0 Å². The van der Waals surface area contributed by atoms with Gasteiger partial charge in [0.05, 0.1) is 5.30 Å². The summed E-state index contributed by atoms with van der Waals surface area (Å²) in [7, 11) is -10.2. The molecule has 0 aliphatic heterocycles. The maximum atomic E-state index is 14.0. The first-order valence-electron chi connectivity index (χ1n) is 12.1. The van der Waals surface area contributed by atoms with Gasteiger partial charge < -0.3 is 19.6 Å². The van der Waals surface area contributed by atoms with E-state index < -0.39 is 26.4 Å². The van der Waals surface area contributed by atoms with Gasteiger partial charge in [-0.05, 0) is 45.5 Å². The van der Waals surface area contributed by atoms with E-state index >= 15 is 0 Å². The molecule has 4 aromatic carbocycles. The molecule has 0 radical (unpaired) electrons. The molecular formula is C29H29BrF2Na4O6P2S. The van der Waals surface area contributed by atoms with Gasteiger partial charge in [0.15, 0.2) is 0 Å².